The Morgan fingerprint density at radius 1 is 0.935 bits per heavy atom. The zero-order chi connectivity index (χ0) is 21.6. The van der Waals surface area contributed by atoms with Crippen molar-refractivity contribution in [2.45, 2.75) is 13.3 Å². The van der Waals surface area contributed by atoms with E-state index in [0.29, 0.717) is 34.6 Å². The van der Waals surface area contributed by atoms with Crippen molar-refractivity contribution in [2.75, 3.05) is 6.54 Å². The lowest BCUT2D eigenvalue weighted by molar-refractivity contribution is -0.118. The van der Waals surface area contributed by atoms with Gasteiger partial charge in [-0.25, -0.2) is 0 Å². The lowest BCUT2D eigenvalue weighted by Crippen LogP contribution is -2.22. The van der Waals surface area contributed by atoms with Crippen LogP contribution in [0.1, 0.15) is 12.5 Å². The molecule has 0 aliphatic carbocycles. The highest BCUT2D eigenvalue weighted by Gasteiger charge is 2.08. The highest BCUT2D eigenvalue weighted by Crippen LogP contribution is 2.35. The maximum atomic E-state index is 11.0. The van der Waals surface area contributed by atoms with E-state index in [2.05, 4.69) is 28.5 Å². The number of carbonyl (C=O) groups excluding carboxylic acids is 1. The van der Waals surface area contributed by atoms with E-state index in [1.54, 1.807) is 36.7 Å². The van der Waals surface area contributed by atoms with Gasteiger partial charge in [-0.1, -0.05) is 35.9 Å². The summed E-state index contributed by atoms with van der Waals surface area (Å²) < 4.78 is 11.7. The number of ether oxygens (including phenoxy) is 2. The Hall–Kier alpha value is -3.57. The molecular formula is C25H21ClN2O3. The molecule has 0 unspecified atom stereocenters. The molecule has 156 valence electrons. The van der Waals surface area contributed by atoms with Crippen LogP contribution in [0.25, 0.3) is 10.8 Å². The number of hydrogen-bond donors (Lipinski definition) is 1. The first-order chi connectivity index (χ1) is 15.1. The summed E-state index contributed by atoms with van der Waals surface area (Å²) in [5.41, 5.74) is 1.17. The maximum absolute atomic E-state index is 11.0. The Balaban J connectivity index is 1.46. The monoisotopic (exact) mass is 432 g/mol. The second-order valence-corrected chi connectivity index (χ2v) is 7.47. The molecule has 1 aromatic heterocycles. The molecule has 0 bridgehead atoms. The first-order valence-electron chi connectivity index (χ1n) is 9.89. The number of pyridine rings is 1. The van der Waals surface area contributed by atoms with Crippen LogP contribution in [0.4, 0.5) is 0 Å². The number of rotatable bonds is 7. The fraction of sp³-hybridized carbons (Fsp3) is 0.120. The van der Waals surface area contributed by atoms with Crippen LogP contribution in [-0.2, 0) is 11.2 Å². The molecule has 0 radical (unpaired) electrons. The van der Waals surface area contributed by atoms with E-state index >= 15 is 0 Å². The van der Waals surface area contributed by atoms with Crippen molar-refractivity contribution in [2.24, 2.45) is 0 Å². The molecule has 0 saturated heterocycles. The molecule has 0 aliphatic rings. The Bertz CT molecular complexity index is 1210. The number of benzene rings is 3. The van der Waals surface area contributed by atoms with Crippen LogP contribution in [-0.4, -0.2) is 17.4 Å². The van der Waals surface area contributed by atoms with E-state index in [4.69, 9.17) is 21.1 Å². The highest BCUT2D eigenvalue weighted by molar-refractivity contribution is 6.32. The summed E-state index contributed by atoms with van der Waals surface area (Å²) >= 11 is 6.40. The smallest absolute Gasteiger partial charge is 0.216 e. The van der Waals surface area contributed by atoms with Gasteiger partial charge in [0.2, 0.25) is 5.91 Å². The highest BCUT2D eigenvalue weighted by atomic mass is 35.5. The molecular weight excluding hydrogens is 412 g/mol. The number of nitrogens with zero attached hydrogens (tertiary/aromatic N) is 1. The van der Waals surface area contributed by atoms with Crippen LogP contribution in [0.5, 0.6) is 23.0 Å². The molecule has 6 heteroatoms. The number of carbonyl (C=O) groups is 1. The van der Waals surface area contributed by atoms with Gasteiger partial charge in [0.1, 0.15) is 23.0 Å². The average molecular weight is 433 g/mol. The predicted octanol–water partition coefficient (Wildman–Crippen LogP) is 6.15. The van der Waals surface area contributed by atoms with E-state index in [9.17, 15) is 4.79 Å². The maximum Gasteiger partial charge on any atom is 0.216 e. The van der Waals surface area contributed by atoms with Gasteiger partial charge in [0.05, 0.1) is 11.2 Å². The first kappa shape index (κ1) is 20.7. The van der Waals surface area contributed by atoms with Gasteiger partial charge in [-0.15, -0.1) is 0 Å². The standard InChI is InChI=1S/C25H21ClN2O3/c1-17(29)28-12-10-18-4-5-20-14-21(7-6-19(20)13-18)31-25-9-8-22(15-24(25)26)30-23-3-2-11-27-16-23/h2-9,11,13-16H,10,12H2,1H3,(H,28,29). The Morgan fingerprint density at radius 3 is 2.48 bits per heavy atom. The van der Waals surface area contributed by atoms with Gasteiger partial charge in [0.15, 0.2) is 0 Å². The van der Waals surface area contributed by atoms with Gasteiger partial charge in [0, 0.05) is 25.7 Å². The summed E-state index contributed by atoms with van der Waals surface area (Å²) in [7, 11) is 0. The fourth-order valence-electron chi connectivity index (χ4n) is 3.17. The zero-order valence-corrected chi connectivity index (χ0v) is 17.7. The number of amides is 1. The lowest BCUT2D eigenvalue weighted by Gasteiger charge is -2.11. The molecule has 0 aliphatic heterocycles. The van der Waals surface area contributed by atoms with Crippen LogP contribution in [0.2, 0.25) is 5.02 Å². The normalized spacial score (nSPS) is 10.6. The lowest BCUT2D eigenvalue weighted by atomic mass is 10.0. The SMILES string of the molecule is CC(=O)NCCc1ccc2cc(Oc3ccc(Oc4cccnc4)cc3Cl)ccc2c1. The van der Waals surface area contributed by atoms with Gasteiger partial charge in [-0.05, 0) is 59.2 Å². The fourth-order valence-corrected chi connectivity index (χ4v) is 3.38. The van der Waals surface area contributed by atoms with Gasteiger partial charge in [0.25, 0.3) is 0 Å². The molecule has 4 aromatic rings. The Kier molecular flexibility index (Phi) is 6.34. The molecule has 0 atom stereocenters. The van der Waals surface area contributed by atoms with Gasteiger partial charge >= 0.3 is 0 Å². The van der Waals surface area contributed by atoms with Gasteiger partial charge in [-0.3, -0.25) is 9.78 Å². The Morgan fingerprint density at radius 2 is 1.71 bits per heavy atom. The molecule has 1 heterocycles. The zero-order valence-electron chi connectivity index (χ0n) is 17.0. The number of nitrogens with one attached hydrogen (secondary N) is 1. The first-order valence-corrected chi connectivity index (χ1v) is 10.3. The number of fused-ring (bicyclic) bond motifs is 1. The number of halogens is 1. The van der Waals surface area contributed by atoms with Crippen molar-refractivity contribution >= 4 is 28.3 Å². The summed E-state index contributed by atoms with van der Waals surface area (Å²) in [5, 5.41) is 5.44. The summed E-state index contributed by atoms with van der Waals surface area (Å²) in [6, 6.07) is 21.1. The minimum atomic E-state index is -0.0158. The van der Waals surface area contributed by atoms with E-state index < -0.39 is 0 Å². The molecule has 0 spiro atoms. The van der Waals surface area contributed by atoms with Gasteiger partial charge in [-0.2, -0.15) is 0 Å². The molecule has 0 fully saturated rings. The molecule has 1 amide bonds. The van der Waals surface area contributed by atoms with Crippen LogP contribution in [0, 0.1) is 0 Å². The van der Waals surface area contributed by atoms with Crippen molar-refractivity contribution in [1.29, 1.82) is 0 Å². The summed E-state index contributed by atoms with van der Waals surface area (Å²) in [6.07, 6.45) is 4.11. The van der Waals surface area contributed by atoms with E-state index in [0.717, 1.165) is 17.2 Å². The topological polar surface area (TPSA) is 60.5 Å². The van der Waals surface area contributed by atoms with Crippen LogP contribution >= 0.6 is 11.6 Å². The predicted molar refractivity (Wildman–Crippen MR) is 122 cm³/mol. The van der Waals surface area contributed by atoms with E-state index in [-0.39, 0.29) is 5.91 Å². The second kappa shape index (κ2) is 9.49. The molecule has 3 aromatic carbocycles. The van der Waals surface area contributed by atoms with Gasteiger partial charge < -0.3 is 14.8 Å². The second-order valence-electron chi connectivity index (χ2n) is 7.06. The molecule has 0 saturated carbocycles. The van der Waals surface area contributed by atoms with Crippen molar-refractivity contribution in [1.82, 2.24) is 10.3 Å². The van der Waals surface area contributed by atoms with Crippen molar-refractivity contribution in [3.63, 3.8) is 0 Å². The molecule has 1 N–H and O–H groups in total. The summed E-state index contributed by atoms with van der Waals surface area (Å²) in [4.78, 5) is 15.0. The third kappa shape index (κ3) is 5.53. The summed E-state index contributed by atoms with van der Waals surface area (Å²) in [5.74, 6) is 2.47. The molecule has 4 rings (SSSR count). The van der Waals surface area contributed by atoms with Crippen LogP contribution < -0.4 is 14.8 Å². The molecule has 31 heavy (non-hydrogen) atoms. The quantitative estimate of drug-likeness (QED) is 0.380. The number of aromatic nitrogens is 1. The number of hydrogen-bond acceptors (Lipinski definition) is 4. The largest absolute Gasteiger partial charge is 0.456 e. The van der Waals surface area contributed by atoms with Crippen molar-refractivity contribution < 1.29 is 14.3 Å². The average Bonchev–Trinajstić information content (AvgIpc) is 2.76. The van der Waals surface area contributed by atoms with Crippen LogP contribution in [0.15, 0.2) is 79.1 Å². The van der Waals surface area contributed by atoms with Crippen molar-refractivity contribution in [3.05, 3.63) is 89.7 Å². The van der Waals surface area contributed by atoms with E-state index in [1.807, 2.05) is 24.3 Å². The minimum Gasteiger partial charge on any atom is -0.456 e. The Labute approximate surface area is 185 Å². The van der Waals surface area contributed by atoms with Crippen LogP contribution in [0.3, 0.4) is 0 Å². The third-order valence-corrected chi connectivity index (χ3v) is 4.96. The summed E-state index contributed by atoms with van der Waals surface area (Å²) in [6.45, 7) is 2.15. The molecule has 5 nitrogen and oxygen atoms in total. The van der Waals surface area contributed by atoms with Crippen molar-refractivity contribution in [3.8, 4) is 23.0 Å². The minimum absolute atomic E-state index is 0.0158. The third-order valence-electron chi connectivity index (χ3n) is 4.66. The van der Waals surface area contributed by atoms with E-state index in [1.165, 1.54) is 12.5 Å².